The first-order valence-corrected chi connectivity index (χ1v) is 8.27. The molecule has 0 saturated heterocycles. The highest BCUT2D eigenvalue weighted by atomic mass is 32.2. The van der Waals surface area contributed by atoms with E-state index in [1.165, 1.54) is 22.8 Å². The Balaban J connectivity index is 2.19. The second-order valence-electron chi connectivity index (χ2n) is 4.45. The SMILES string of the molecule is CN(C)c1ccc(NS(=O)(=O)c2csc(CO)c2)cc1. The fourth-order valence-electron chi connectivity index (χ4n) is 1.63. The van der Waals surface area contributed by atoms with Gasteiger partial charge in [0.2, 0.25) is 0 Å². The van der Waals surface area contributed by atoms with E-state index in [2.05, 4.69) is 4.72 Å². The summed E-state index contributed by atoms with van der Waals surface area (Å²) in [4.78, 5) is 2.72. The lowest BCUT2D eigenvalue weighted by Gasteiger charge is -2.13. The minimum atomic E-state index is -3.60. The molecule has 0 amide bonds. The van der Waals surface area contributed by atoms with Gasteiger partial charge in [-0.05, 0) is 30.3 Å². The van der Waals surface area contributed by atoms with E-state index in [0.717, 1.165) is 5.69 Å². The maximum Gasteiger partial charge on any atom is 0.262 e. The summed E-state index contributed by atoms with van der Waals surface area (Å²) in [5.74, 6) is 0. The number of aliphatic hydroxyl groups is 1. The van der Waals surface area contributed by atoms with Gasteiger partial charge in [0.1, 0.15) is 0 Å². The highest BCUT2D eigenvalue weighted by Gasteiger charge is 2.16. The van der Waals surface area contributed by atoms with E-state index < -0.39 is 10.0 Å². The van der Waals surface area contributed by atoms with Gasteiger partial charge in [-0.1, -0.05) is 0 Å². The second-order valence-corrected chi connectivity index (χ2v) is 7.13. The van der Waals surface area contributed by atoms with Crippen molar-refractivity contribution >= 4 is 32.7 Å². The molecule has 0 fully saturated rings. The van der Waals surface area contributed by atoms with E-state index in [9.17, 15) is 8.42 Å². The number of benzene rings is 1. The Morgan fingerprint density at radius 2 is 1.90 bits per heavy atom. The maximum absolute atomic E-state index is 12.2. The number of hydrogen-bond acceptors (Lipinski definition) is 5. The molecule has 5 nitrogen and oxygen atoms in total. The molecule has 0 saturated carbocycles. The van der Waals surface area contributed by atoms with Gasteiger partial charge in [0.25, 0.3) is 10.0 Å². The van der Waals surface area contributed by atoms with Crippen LogP contribution < -0.4 is 9.62 Å². The number of hydrogen-bond donors (Lipinski definition) is 2. The molecule has 2 N–H and O–H groups in total. The molecule has 0 radical (unpaired) electrons. The molecule has 2 rings (SSSR count). The van der Waals surface area contributed by atoms with Crippen molar-refractivity contribution in [2.75, 3.05) is 23.7 Å². The molecule has 1 aromatic carbocycles. The summed E-state index contributed by atoms with van der Waals surface area (Å²) in [6.45, 7) is -0.155. The molecule has 2 aromatic rings. The van der Waals surface area contributed by atoms with Gasteiger partial charge in [-0.25, -0.2) is 8.42 Å². The highest BCUT2D eigenvalue weighted by Crippen LogP contribution is 2.23. The van der Waals surface area contributed by atoms with Crippen LogP contribution in [0.1, 0.15) is 4.88 Å². The van der Waals surface area contributed by atoms with Gasteiger partial charge in [0.15, 0.2) is 0 Å². The molecule has 0 aliphatic rings. The number of thiophene rings is 1. The minimum Gasteiger partial charge on any atom is -0.391 e. The molecule has 0 atom stereocenters. The van der Waals surface area contributed by atoms with Crippen LogP contribution in [0, 0.1) is 0 Å². The summed E-state index contributed by atoms with van der Waals surface area (Å²) >= 11 is 1.22. The summed E-state index contributed by atoms with van der Waals surface area (Å²) in [6.07, 6.45) is 0. The summed E-state index contributed by atoms with van der Waals surface area (Å²) < 4.78 is 26.8. The third-order valence-electron chi connectivity index (χ3n) is 2.73. The van der Waals surface area contributed by atoms with E-state index in [1.807, 2.05) is 31.1 Å². The van der Waals surface area contributed by atoms with Crippen LogP contribution in [-0.4, -0.2) is 27.6 Å². The van der Waals surface area contributed by atoms with E-state index in [-0.39, 0.29) is 11.5 Å². The first-order valence-electron chi connectivity index (χ1n) is 5.91. The Hall–Kier alpha value is -1.57. The number of sulfonamides is 1. The monoisotopic (exact) mass is 312 g/mol. The number of nitrogens with zero attached hydrogens (tertiary/aromatic N) is 1. The fourth-order valence-corrected chi connectivity index (χ4v) is 3.82. The summed E-state index contributed by atoms with van der Waals surface area (Å²) in [6, 6.07) is 8.58. The zero-order valence-electron chi connectivity index (χ0n) is 11.2. The van der Waals surface area contributed by atoms with Crippen LogP contribution in [-0.2, 0) is 16.6 Å². The van der Waals surface area contributed by atoms with Gasteiger partial charge in [0.05, 0.1) is 11.5 Å². The van der Waals surface area contributed by atoms with Crippen LogP contribution in [0.15, 0.2) is 40.6 Å². The van der Waals surface area contributed by atoms with Gasteiger partial charge in [-0.2, -0.15) is 0 Å². The third-order valence-corrected chi connectivity index (χ3v) is 5.16. The van der Waals surface area contributed by atoms with Crippen LogP contribution in [0.4, 0.5) is 11.4 Å². The highest BCUT2D eigenvalue weighted by molar-refractivity contribution is 7.92. The van der Waals surface area contributed by atoms with Crippen molar-refractivity contribution in [1.82, 2.24) is 0 Å². The number of rotatable bonds is 5. The van der Waals surface area contributed by atoms with Crippen LogP contribution in [0.2, 0.25) is 0 Å². The Bertz CT molecular complexity index is 676. The van der Waals surface area contributed by atoms with E-state index >= 15 is 0 Å². The lowest BCUT2D eigenvalue weighted by Crippen LogP contribution is -2.12. The fraction of sp³-hybridized carbons (Fsp3) is 0.231. The number of aliphatic hydroxyl groups excluding tert-OH is 1. The molecule has 0 aliphatic carbocycles. The first kappa shape index (κ1) is 14.8. The lowest BCUT2D eigenvalue weighted by atomic mass is 10.3. The van der Waals surface area contributed by atoms with Crippen LogP contribution in [0.25, 0.3) is 0 Å². The molecular formula is C13H16N2O3S2. The maximum atomic E-state index is 12.2. The normalized spacial score (nSPS) is 11.3. The Labute approximate surface area is 122 Å². The van der Waals surface area contributed by atoms with Crippen molar-refractivity contribution in [3.8, 4) is 0 Å². The molecule has 0 bridgehead atoms. The molecule has 7 heteroatoms. The van der Waals surface area contributed by atoms with Crippen molar-refractivity contribution < 1.29 is 13.5 Å². The topological polar surface area (TPSA) is 69.6 Å². The average molecular weight is 312 g/mol. The predicted molar refractivity (Wildman–Crippen MR) is 81.8 cm³/mol. The molecule has 1 aromatic heterocycles. The molecule has 0 unspecified atom stereocenters. The standard InChI is InChI=1S/C13H16N2O3S2/c1-15(2)11-5-3-10(4-6-11)14-20(17,18)13-7-12(8-16)19-9-13/h3-7,9,14,16H,8H2,1-2H3. The number of anilines is 2. The lowest BCUT2D eigenvalue weighted by molar-refractivity contribution is 0.285. The third kappa shape index (κ3) is 3.30. The van der Waals surface area contributed by atoms with E-state index in [0.29, 0.717) is 10.6 Å². The molecule has 0 aliphatic heterocycles. The zero-order valence-corrected chi connectivity index (χ0v) is 12.8. The van der Waals surface area contributed by atoms with Gasteiger partial charge < -0.3 is 10.0 Å². The van der Waals surface area contributed by atoms with Crippen molar-refractivity contribution in [2.24, 2.45) is 0 Å². The van der Waals surface area contributed by atoms with E-state index in [1.54, 1.807) is 12.1 Å². The van der Waals surface area contributed by atoms with Gasteiger partial charge in [0, 0.05) is 35.7 Å². The van der Waals surface area contributed by atoms with Gasteiger partial charge in [-0.3, -0.25) is 4.72 Å². The molecule has 20 heavy (non-hydrogen) atoms. The summed E-state index contributed by atoms with van der Waals surface area (Å²) in [5, 5.41) is 10.5. The smallest absolute Gasteiger partial charge is 0.262 e. The average Bonchev–Trinajstić information content (AvgIpc) is 2.88. The molecule has 108 valence electrons. The zero-order chi connectivity index (χ0) is 14.8. The van der Waals surface area contributed by atoms with Gasteiger partial charge >= 0.3 is 0 Å². The van der Waals surface area contributed by atoms with Crippen LogP contribution in [0.5, 0.6) is 0 Å². The van der Waals surface area contributed by atoms with E-state index in [4.69, 9.17) is 5.11 Å². The van der Waals surface area contributed by atoms with Crippen molar-refractivity contribution in [3.63, 3.8) is 0 Å². The quantitative estimate of drug-likeness (QED) is 0.887. The Kier molecular flexibility index (Phi) is 4.32. The Morgan fingerprint density at radius 3 is 2.40 bits per heavy atom. The van der Waals surface area contributed by atoms with Crippen molar-refractivity contribution in [2.45, 2.75) is 11.5 Å². The Morgan fingerprint density at radius 1 is 1.25 bits per heavy atom. The summed E-state index contributed by atoms with van der Waals surface area (Å²) in [7, 11) is 0.235. The largest absolute Gasteiger partial charge is 0.391 e. The second kappa shape index (κ2) is 5.82. The first-order chi connectivity index (χ1) is 9.42. The molecule has 0 spiro atoms. The predicted octanol–water partition coefficient (Wildman–Crippen LogP) is 2.11. The molecular weight excluding hydrogens is 296 g/mol. The van der Waals surface area contributed by atoms with Crippen LogP contribution >= 0.6 is 11.3 Å². The minimum absolute atomic E-state index is 0.155. The molecule has 1 heterocycles. The van der Waals surface area contributed by atoms with Crippen molar-refractivity contribution in [3.05, 3.63) is 40.6 Å². The van der Waals surface area contributed by atoms with Crippen molar-refractivity contribution in [1.29, 1.82) is 0 Å². The van der Waals surface area contributed by atoms with Gasteiger partial charge in [-0.15, -0.1) is 11.3 Å². The summed E-state index contributed by atoms with van der Waals surface area (Å²) in [5.41, 5.74) is 1.50. The number of nitrogens with one attached hydrogen (secondary N) is 1. The van der Waals surface area contributed by atoms with Crippen LogP contribution in [0.3, 0.4) is 0 Å².